The zero-order valence-corrected chi connectivity index (χ0v) is 73.7. The minimum Gasteiger partial charge on any atom is -0.508 e. The largest absolute Gasteiger partial charge is 0.508 e. The van der Waals surface area contributed by atoms with Gasteiger partial charge in [-0.1, -0.05) is 84.5 Å². The number of rotatable bonds is 25. The molecule has 0 aliphatic carbocycles. The number of nitrogens with two attached hydrogens (primary N) is 1. The molecule has 8 heterocycles. The van der Waals surface area contributed by atoms with Crippen molar-refractivity contribution >= 4 is 111 Å². The number of primary amides is 1. The van der Waals surface area contributed by atoms with Gasteiger partial charge in [-0.2, -0.15) is 4.98 Å². The third-order valence-electron chi connectivity index (χ3n) is 22.2. The number of benzene rings is 6. The van der Waals surface area contributed by atoms with E-state index in [9.17, 15) is 69.9 Å². The Bertz CT molecular complexity index is 5540. The molecule has 696 valence electrons. The Morgan fingerprint density at radius 1 is 0.723 bits per heavy atom. The summed E-state index contributed by atoms with van der Waals surface area (Å²) in [6.07, 6.45) is -15.2. The number of nitrogens with one attached hydrogen (secondary N) is 10. The number of carbonyl (C=O) groups is 9. The highest BCUT2D eigenvalue weighted by Crippen LogP contribution is 2.50. The minimum absolute atomic E-state index is 0.0456. The van der Waals surface area contributed by atoms with Crippen LogP contribution in [0, 0.1) is 5.92 Å². The third kappa shape index (κ3) is 22.9. The van der Waals surface area contributed by atoms with Crippen molar-refractivity contribution < 1.29 is 122 Å². The summed E-state index contributed by atoms with van der Waals surface area (Å²) in [6, 6.07) is 5.73. The van der Waals surface area contributed by atoms with Crippen LogP contribution in [-0.4, -0.2) is 240 Å². The van der Waals surface area contributed by atoms with Crippen LogP contribution in [0.2, 0.25) is 20.1 Å². The first-order chi connectivity index (χ1) is 61.7. The van der Waals surface area contributed by atoms with Crippen molar-refractivity contribution in [2.75, 3.05) is 52.8 Å². The molecule has 7 aliphatic heterocycles. The zero-order valence-electron chi connectivity index (χ0n) is 70.7. The number of phenolic OH excluding ortho intramolecular Hbond substituents is 3. The number of aromatic hydroxyl groups is 3. The van der Waals surface area contributed by atoms with Gasteiger partial charge in [0.05, 0.1) is 58.0 Å². The van der Waals surface area contributed by atoms with Crippen molar-refractivity contribution in [1.29, 1.82) is 0 Å². The Morgan fingerprint density at radius 3 is 2.02 bits per heavy atom. The first-order valence-corrected chi connectivity index (χ1v) is 42.5. The summed E-state index contributed by atoms with van der Waals surface area (Å²) in [5, 5.41) is 131. The van der Waals surface area contributed by atoms with Gasteiger partial charge in [-0.05, 0) is 173 Å². The van der Waals surface area contributed by atoms with Crippen molar-refractivity contribution in [3.63, 3.8) is 0 Å². The summed E-state index contributed by atoms with van der Waals surface area (Å²) < 4.78 is 40.7. The lowest BCUT2D eigenvalue weighted by Crippen LogP contribution is -2.65. The fourth-order valence-corrected chi connectivity index (χ4v) is 16.1. The molecule has 44 heteroatoms. The Labute approximate surface area is 762 Å². The standard InChI is InChI=1S/C86H98Cl4N14O26/c1-37(2)25-51(92-5)77(116)100-68-70(111)41-12-16-55(49(89)28-41)126-57-30-43-31-58(74(57)130-84-75(73(114)72(113)59(36-105)128-84)129-63-35-86(4,76(115)38(3)125-63)93-20-23-104-22-19-61(96-85(104)123)95-62(110)18-10-39-9-14-47(87)48(88)26-39)127-56-17-13-42(29-50(56)90)71(112)69-82(121)99-67(83(122)102-124-24-8-21-103(6)7)46-32-44(106)33-54(108)64(46)45-27-40(11-15-53(45)107)65(79(118)101-69)98-80(119)66(43)97-78(117)52(34-60(91)109)94-81(68)120/h9-19,22,26-33,37-38,51-52,59,63,65-73,75-76,84,92-93,105-108,111-115H,8,20-21,23-25,34-36H2,1-7H3,(H2,91,109)(H,94,120)(H,97,117)(H,98,119)(H,99,121)(H,100,116)(H,101,118)(H,102,122)(H,95,96,110,123)/b18-10+/t38-,51+,52-,59+,63-,65+,66+,67+,68+,69-,70+,71+,72+,73-,75+,76+,84-,86-/m0/s1. The van der Waals surface area contributed by atoms with Crippen LogP contribution in [0.25, 0.3) is 17.2 Å². The fourth-order valence-electron chi connectivity index (χ4n) is 15.4. The summed E-state index contributed by atoms with van der Waals surface area (Å²) in [5.41, 5.74) is 3.79. The molecule has 7 aromatic rings. The van der Waals surface area contributed by atoms with Crippen LogP contribution in [0.3, 0.4) is 0 Å². The predicted molar refractivity (Wildman–Crippen MR) is 465 cm³/mol. The maximum Gasteiger partial charge on any atom is 0.349 e. The first-order valence-electron chi connectivity index (χ1n) is 41.0. The molecule has 1 aromatic heterocycles. The molecule has 14 rings (SSSR count). The van der Waals surface area contributed by atoms with Gasteiger partial charge in [0, 0.05) is 54.5 Å². The quantitative estimate of drug-likeness (QED) is 0.0222. The topological polar surface area (TPSA) is 585 Å². The second-order valence-corrected chi connectivity index (χ2v) is 34.1. The summed E-state index contributed by atoms with van der Waals surface area (Å²) in [7, 11) is 5.05. The van der Waals surface area contributed by atoms with Gasteiger partial charge in [0.25, 0.3) is 5.91 Å². The number of fused-ring (bicyclic) bond motifs is 15. The number of aliphatic hydroxyl groups is 6. The first kappa shape index (κ1) is 97.7. The summed E-state index contributed by atoms with van der Waals surface area (Å²) in [5.74, 6) is -16.2. The Kier molecular flexibility index (Phi) is 31.7. The SMILES string of the molecule is CN[C@H](CC(C)C)C(=O)N[C@H]1C(=O)N[C@@H](CC(N)=O)C(=O)N[C@H]2C(=O)N[C@H]3C(=O)N[C@H](C(=O)N[C@@H](C(=O)NOCCCN(C)C)c4cc(O)cc(O)c4-c4cc3ccc4O)[C@H](O)c3ccc(c(Cl)c3)Oc3cc2cc(c3O[C@@H]2O[C@H](CO)[C@@H](O)[C@H](O)[C@H]2O[C@H]2C[C@](C)(NCCn3ccc(NC(=O)/C=C/c4ccc(Cl)c(Cl)c4)nc3=O)[C@H](O)[C@H](C)O2)Oc2ccc(cc2Cl)[C@H]1O. The van der Waals surface area contributed by atoms with Gasteiger partial charge in [0.2, 0.25) is 59.3 Å². The number of amides is 9. The molecule has 130 heavy (non-hydrogen) atoms. The van der Waals surface area contributed by atoms with Crippen LogP contribution in [0.1, 0.15) is 117 Å². The molecule has 40 nitrogen and oxygen atoms in total. The second kappa shape index (κ2) is 42.2. The van der Waals surface area contributed by atoms with Gasteiger partial charge in [-0.3, -0.25) is 52.6 Å². The molecule has 2 saturated heterocycles. The van der Waals surface area contributed by atoms with Gasteiger partial charge in [0.1, 0.15) is 101 Å². The lowest BCUT2D eigenvalue weighted by Gasteiger charge is -2.48. The lowest BCUT2D eigenvalue weighted by atomic mass is 9.85. The number of aromatic nitrogens is 2. The monoisotopic (exact) mass is 1880 g/mol. The highest BCUT2D eigenvalue weighted by Gasteiger charge is 2.52. The van der Waals surface area contributed by atoms with E-state index in [0.717, 1.165) is 66.7 Å². The number of hydrogen-bond donors (Lipinski definition) is 20. The summed E-state index contributed by atoms with van der Waals surface area (Å²) in [4.78, 5) is 158. The van der Waals surface area contributed by atoms with E-state index in [2.05, 4.69) is 58.3 Å². The van der Waals surface area contributed by atoms with E-state index in [1.807, 2.05) is 18.7 Å². The number of nitrogens with zero attached hydrogens (tertiary/aromatic N) is 3. The minimum atomic E-state index is -2.40. The van der Waals surface area contributed by atoms with Crippen molar-refractivity contribution in [2.24, 2.45) is 11.7 Å². The molecule has 0 radical (unpaired) electrons. The molecule has 0 saturated carbocycles. The second-order valence-electron chi connectivity index (χ2n) is 32.5. The van der Waals surface area contributed by atoms with E-state index in [-0.39, 0.29) is 71.7 Å². The number of aliphatic hydroxyl groups excluding tert-OH is 6. The average molecular weight is 1890 g/mol. The van der Waals surface area contributed by atoms with Crippen molar-refractivity contribution in [1.82, 2.24) is 62.5 Å². The molecule has 21 N–H and O–H groups in total. The van der Waals surface area contributed by atoms with E-state index in [1.54, 1.807) is 39.2 Å². The smallest absolute Gasteiger partial charge is 0.349 e. The number of carbonyl (C=O) groups excluding carboxylic acids is 9. The average Bonchev–Trinajstić information content (AvgIpc) is 0.699. The van der Waals surface area contributed by atoms with Crippen molar-refractivity contribution in [2.45, 2.75) is 169 Å². The molecule has 9 amide bonds. The number of hydrogen-bond acceptors (Lipinski definition) is 30. The van der Waals surface area contributed by atoms with E-state index in [0.29, 0.717) is 23.6 Å². The van der Waals surface area contributed by atoms with E-state index in [1.165, 1.54) is 55.1 Å². The normalized spacial score (nSPS) is 25.5. The number of likely N-dealkylation sites (N-methyl/N-ethyl adjacent to an activating group) is 1. The predicted octanol–water partition coefficient (Wildman–Crippen LogP) is 2.87. The molecule has 6 aromatic carbocycles. The van der Waals surface area contributed by atoms with Gasteiger partial charge >= 0.3 is 5.69 Å². The van der Waals surface area contributed by atoms with Crippen molar-refractivity contribution in [3.8, 4) is 57.1 Å². The highest BCUT2D eigenvalue weighted by molar-refractivity contribution is 6.42. The lowest BCUT2D eigenvalue weighted by molar-refractivity contribution is -0.334. The van der Waals surface area contributed by atoms with Gasteiger partial charge < -0.3 is 133 Å². The van der Waals surface area contributed by atoms with Crippen LogP contribution in [0.5, 0.6) is 46.0 Å². The third-order valence-corrected chi connectivity index (χ3v) is 23.5. The van der Waals surface area contributed by atoms with Crippen LogP contribution in [0.4, 0.5) is 5.82 Å². The Balaban J connectivity index is 0.990. The van der Waals surface area contributed by atoms with E-state index < -0.39 is 254 Å². The maximum absolute atomic E-state index is 16.4. The Morgan fingerprint density at radius 2 is 1.38 bits per heavy atom. The highest BCUT2D eigenvalue weighted by atomic mass is 35.5. The molecule has 2 fully saturated rings. The van der Waals surface area contributed by atoms with Gasteiger partial charge in [0.15, 0.2) is 23.9 Å². The zero-order chi connectivity index (χ0) is 94.2. The number of ether oxygens (including phenoxy) is 6. The van der Waals surface area contributed by atoms with Crippen LogP contribution < -0.4 is 79.0 Å². The molecular formula is C86H98Cl4N14O26. The van der Waals surface area contributed by atoms with Crippen LogP contribution in [-0.2, 0) is 68.7 Å². The fraction of sp³-hybridized carbons (Fsp3) is 0.407. The molecular weight excluding hydrogens is 1790 g/mol. The molecule has 11 bridgehead atoms. The molecule has 0 spiro atoms. The number of hydroxylamine groups is 1. The number of halogens is 4. The molecule has 7 aliphatic rings. The maximum atomic E-state index is 16.4. The molecule has 18 atom stereocenters. The van der Waals surface area contributed by atoms with E-state index >= 15 is 24.0 Å². The van der Waals surface area contributed by atoms with Gasteiger partial charge in [-0.15, -0.1) is 0 Å². The number of anilines is 1. The Hall–Kier alpha value is -11.4. The van der Waals surface area contributed by atoms with Crippen LogP contribution >= 0.6 is 46.4 Å². The summed E-state index contributed by atoms with van der Waals surface area (Å²) in [6.45, 7) is 5.97. The number of phenols is 3. The summed E-state index contributed by atoms with van der Waals surface area (Å²) >= 11 is 26.6. The van der Waals surface area contributed by atoms with Crippen LogP contribution in [0.15, 0.2) is 120 Å². The van der Waals surface area contributed by atoms with Gasteiger partial charge in [-0.25, -0.2) is 10.3 Å². The van der Waals surface area contributed by atoms with Crippen molar-refractivity contribution in [3.05, 3.63) is 179 Å². The van der Waals surface area contributed by atoms with E-state index in [4.69, 9.17) is 85.4 Å². The molecule has 0 unspecified atom stereocenters.